The summed E-state index contributed by atoms with van der Waals surface area (Å²) >= 11 is 3.08. The molecule has 2 aromatic rings. The smallest absolute Gasteiger partial charge is 0.229 e. The molecule has 1 heterocycles. The van der Waals surface area contributed by atoms with Crippen molar-refractivity contribution in [2.24, 2.45) is 5.92 Å². The Morgan fingerprint density at radius 3 is 2.87 bits per heavy atom. The predicted octanol–water partition coefficient (Wildman–Crippen LogP) is 4.43. The van der Waals surface area contributed by atoms with Crippen LogP contribution in [0.25, 0.3) is 0 Å². The Labute approximate surface area is 144 Å². The molecule has 0 bridgehead atoms. The highest BCUT2D eigenvalue weighted by molar-refractivity contribution is 8.00. The number of hydrogen-bond acceptors (Lipinski definition) is 5. The summed E-state index contributed by atoms with van der Waals surface area (Å²) in [5.74, 6) is 0.976. The summed E-state index contributed by atoms with van der Waals surface area (Å²) in [5.41, 5.74) is 2.52. The third-order valence-electron chi connectivity index (χ3n) is 3.76. The van der Waals surface area contributed by atoms with E-state index in [2.05, 4.69) is 58.9 Å². The molecule has 0 radical (unpaired) electrons. The number of rotatable bonds is 5. The van der Waals surface area contributed by atoms with Gasteiger partial charge in [-0.3, -0.25) is 4.79 Å². The van der Waals surface area contributed by atoms with Crippen molar-refractivity contribution >= 4 is 34.1 Å². The van der Waals surface area contributed by atoms with Gasteiger partial charge >= 0.3 is 0 Å². The third kappa shape index (κ3) is 4.65. The highest BCUT2D eigenvalue weighted by Gasteiger charge is 2.20. The number of thioether (sulfide) groups is 1. The average molecular weight is 345 g/mol. The predicted molar refractivity (Wildman–Crippen MR) is 95.8 cm³/mol. The Morgan fingerprint density at radius 1 is 1.30 bits per heavy atom. The summed E-state index contributed by atoms with van der Waals surface area (Å²) in [5, 5.41) is 11.7. The quantitative estimate of drug-likeness (QED) is 0.495. The van der Waals surface area contributed by atoms with Crippen LogP contribution >= 0.6 is 23.1 Å². The minimum atomic E-state index is 0.0561. The number of aryl methyl sites for hydroxylation is 1. The Morgan fingerprint density at radius 2 is 2.13 bits per heavy atom. The minimum absolute atomic E-state index is 0.0561. The van der Waals surface area contributed by atoms with E-state index in [1.165, 1.54) is 22.5 Å². The molecule has 0 unspecified atom stereocenters. The van der Waals surface area contributed by atoms with Gasteiger partial charge in [-0.2, -0.15) is 0 Å². The number of allylic oxidation sites excluding steroid dienone is 2. The van der Waals surface area contributed by atoms with E-state index in [1.54, 1.807) is 11.8 Å². The van der Waals surface area contributed by atoms with Crippen molar-refractivity contribution < 1.29 is 4.79 Å². The van der Waals surface area contributed by atoms with E-state index >= 15 is 0 Å². The molecule has 1 atom stereocenters. The van der Waals surface area contributed by atoms with Crippen molar-refractivity contribution in [3.8, 4) is 0 Å². The molecule has 6 heteroatoms. The van der Waals surface area contributed by atoms with Gasteiger partial charge in [-0.25, -0.2) is 0 Å². The molecule has 1 aromatic carbocycles. The third-order valence-corrected chi connectivity index (χ3v) is 5.80. The fourth-order valence-electron chi connectivity index (χ4n) is 2.39. The molecule has 1 N–H and O–H groups in total. The van der Waals surface area contributed by atoms with Gasteiger partial charge in [0.1, 0.15) is 0 Å². The van der Waals surface area contributed by atoms with E-state index < -0.39 is 0 Å². The highest BCUT2D eigenvalue weighted by Crippen LogP contribution is 2.29. The topological polar surface area (TPSA) is 54.9 Å². The van der Waals surface area contributed by atoms with Crippen molar-refractivity contribution in [2.75, 3.05) is 5.32 Å². The molecule has 1 amide bonds. The number of nitrogens with zero attached hydrogens (tertiary/aromatic N) is 2. The van der Waals surface area contributed by atoms with Gasteiger partial charge in [0.05, 0.1) is 0 Å². The molecule has 4 nitrogen and oxygen atoms in total. The van der Waals surface area contributed by atoms with Crippen molar-refractivity contribution in [3.05, 3.63) is 47.5 Å². The Kier molecular flexibility index (Phi) is 5.46. The van der Waals surface area contributed by atoms with Gasteiger partial charge in [0, 0.05) is 11.7 Å². The number of carbonyl (C=O) groups excluding carboxylic acids is 1. The summed E-state index contributed by atoms with van der Waals surface area (Å²) in [6, 6.07) is 8.48. The molecule has 23 heavy (non-hydrogen) atoms. The fourth-order valence-corrected chi connectivity index (χ4v) is 4.10. The van der Waals surface area contributed by atoms with Crippen LogP contribution in [0, 0.1) is 12.8 Å². The zero-order valence-corrected chi connectivity index (χ0v) is 14.6. The molecular formula is C17H19N3OS2. The number of amides is 1. The van der Waals surface area contributed by atoms with Crippen molar-refractivity contribution in [2.45, 2.75) is 36.3 Å². The first-order valence-corrected chi connectivity index (χ1v) is 9.48. The lowest BCUT2D eigenvalue weighted by atomic mass is 9.94. The molecule has 0 fully saturated rings. The van der Waals surface area contributed by atoms with Gasteiger partial charge in [-0.15, -0.1) is 10.2 Å². The van der Waals surface area contributed by atoms with E-state index in [0.717, 1.165) is 29.4 Å². The standard InChI is InChI=1S/C17H19N3OS2/c1-12-7-9-13(10-8-12)11-22-17-20-19-16(23-17)18-15(21)14-5-3-2-4-6-14/h2-3,7-10,14H,4-6,11H2,1H3,(H,18,19,21)/t14-/m1/s1. The monoisotopic (exact) mass is 345 g/mol. The second kappa shape index (κ2) is 7.75. The number of aromatic nitrogens is 2. The molecule has 3 rings (SSSR count). The van der Waals surface area contributed by atoms with Crippen LogP contribution in [-0.2, 0) is 10.5 Å². The zero-order chi connectivity index (χ0) is 16.1. The number of benzene rings is 1. The summed E-state index contributed by atoms with van der Waals surface area (Å²) in [6.07, 6.45) is 6.92. The first kappa shape index (κ1) is 16.2. The van der Waals surface area contributed by atoms with Crippen LogP contribution in [-0.4, -0.2) is 16.1 Å². The molecule has 0 saturated heterocycles. The largest absolute Gasteiger partial charge is 0.300 e. The van der Waals surface area contributed by atoms with Crippen LogP contribution in [0.15, 0.2) is 40.8 Å². The SMILES string of the molecule is Cc1ccc(CSc2nnc(NC(=O)[C@@H]3CC=CCC3)s2)cc1. The maximum Gasteiger partial charge on any atom is 0.229 e. The van der Waals surface area contributed by atoms with Crippen molar-refractivity contribution in [1.82, 2.24) is 10.2 Å². The lowest BCUT2D eigenvalue weighted by molar-refractivity contribution is -0.120. The first-order chi connectivity index (χ1) is 11.2. The highest BCUT2D eigenvalue weighted by atomic mass is 32.2. The number of hydrogen-bond donors (Lipinski definition) is 1. The van der Waals surface area contributed by atoms with Crippen LogP contribution in [0.2, 0.25) is 0 Å². The summed E-state index contributed by atoms with van der Waals surface area (Å²) in [4.78, 5) is 12.2. The maximum absolute atomic E-state index is 12.2. The molecule has 1 aromatic heterocycles. The number of carbonyl (C=O) groups is 1. The van der Waals surface area contributed by atoms with Gasteiger partial charge in [0.2, 0.25) is 11.0 Å². The van der Waals surface area contributed by atoms with Crippen LogP contribution in [0.3, 0.4) is 0 Å². The normalized spacial score (nSPS) is 17.2. The Hall–Kier alpha value is -1.66. The van der Waals surface area contributed by atoms with Crippen molar-refractivity contribution in [3.63, 3.8) is 0 Å². The van der Waals surface area contributed by atoms with E-state index in [9.17, 15) is 4.79 Å². The van der Waals surface area contributed by atoms with Gasteiger partial charge < -0.3 is 5.32 Å². The van der Waals surface area contributed by atoms with Crippen LogP contribution in [0.4, 0.5) is 5.13 Å². The fraction of sp³-hybridized carbons (Fsp3) is 0.353. The average Bonchev–Trinajstić information content (AvgIpc) is 3.02. The lowest BCUT2D eigenvalue weighted by Crippen LogP contribution is -2.23. The maximum atomic E-state index is 12.2. The minimum Gasteiger partial charge on any atom is -0.300 e. The van der Waals surface area contributed by atoms with Crippen LogP contribution < -0.4 is 5.32 Å². The summed E-state index contributed by atoms with van der Waals surface area (Å²) < 4.78 is 0.879. The second-order valence-electron chi connectivity index (χ2n) is 5.62. The van der Waals surface area contributed by atoms with Gasteiger partial charge in [0.25, 0.3) is 0 Å². The molecule has 120 valence electrons. The van der Waals surface area contributed by atoms with Gasteiger partial charge in [-0.1, -0.05) is 65.1 Å². The Balaban J connectivity index is 1.52. The molecule has 1 aliphatic carbocycles. The van der Waals surface area contributed by atoms with Crippen LogP contribution in [0.1, 0.15) is 30.4 Å². The number of anilines is 1. The molecule has 1 aliphatic rings. The molecular weight excluding hydrogens is 326 g/mol. The lowest BCUT2D eigenvalue weighted by Gasteiger charge is -2.15. The number of nitrogens with one attached hydrogen (secondary N) is 1. The Bertz CT molecular complexity index is 694. The molecule has 0 saturated carbocycles. The second-order valence-corrected chi connectivity index (χ2v) is 7.82. The van der Waals surface area contributed by atoms with Gasteiger partial charge in [0.15, 0.2) is 4.34 Å². The molecule has 0 spiro atoms. The van der Waals surface area contributed by atoms with Gasteiger partial charge in [-0.05, 0) is 31.7 Å². The van der Waals surface area contributed by atoms with Crippen LogP contribution in [0.5, 0.6) is 0 Å². The van der Waals surface area contributed by atoms with E-state index in [-0.39, 0.29) is 11.8 Å². The van der Waals surface area contributed by atoms with Crippen molar-refractivity contribution in [1.29, 1.82) is 0 Å². The van der Waals surface area contributed by atoms with E-state index in [0.29, 0.717) is 5.13 Å². The van der Waals surface area contributed by atoms with E-state index in [1.807, 2.05) is 0 Å². The molecule has 0 aliphatic heterocycles. The zero-order valence-electron chi connectivity index (χ0n) is 13.0. The summed E-state index contributed by atoms with van der Waals surface area (Å²) in [6.45, 7) is 2.08. The first-order valence-electron chi connectivity index (χ1n) is 7.68. The summed E-state index contributed by atoms with van der Waals surface area (Å²) in [7, 11) is 0. The van der Waals surface area contributed by atoms with E-state index in [4.69, 9.17) is 0 Å².